The van der Waals surface area contributed by atoms with Crippen LogP contribution in [0.25, 0.3) is 22.3 Å². The summed E-state index contributed by atoms with van der Waals surface area (Å²) in [4.78, 5) is 1.17. The molecule has 0 saturated heterocycles. The van der Waals surface area contributed by atoms with Crippen LogP contribution in [0.15, 0.2) is 71.6 Å². The van der Waals surface area contributed by atoms with E-state index >= 15 is 0 Å². The van der Waals surface area contributed by atoms with Crippen molar-refractivity contribution in [2.24, 2.45) is 0 Å². The molecule has 0 aliphatic carbocycles. The fraction of sp³-hybridized carbons (Fsp3) is 0.217. The smallest absolute Gasteiger partial charge is 0.131 e. The van der Waals surface area contributed by atoms with Gasteiger partial charge in [-0.1, -0.05) is 69.3 Å². The maximum atomic E-state index is 11.1. The fourth-order valence-electron chi connectivity index (χ4n) is 2.98. The highest BCUT2D eigenvalue weighted by Crippen LogP contribution is 2.44. The fourth-order valence-corrected chi connectivity index (χ4v) is 3.59. The van der Waals surface area contributed by atoms with Gasteiger partial charge in [-0.3, -0.25) is 0 Å². The van der Waals surface area contributed by atoms with Crippen LogP contribution in [0.1, 0.15) is 26.3 Å². The number of hydrogen-bond acceptors (Lipinski definition) is 2. The Labute approximate surface area is 154 Å². The third-order valence-corrected chi connectivity index (χ3v) is 5.25. The summed E-state index contributed by atoms with van der Waals surface area (Å²) in [5.41, 5.74) is 5.12. The molecule has 0 bridgehead atoms. The first-order valence-electron chi connectivity index (χ1n) is 8.48. The van der Waals surface area contributed by atoms with Crippen molar-refractivity contribution >= 4 is 11.8 Å². The van der Waals surface area contributed by atoms with Crippen molar-refractivity contribution in [3.8, 4) is 28.0 Å². The summed E-state index contributed by atoms with van der Waals surface area (Å²) in [6, 6.07) is 22.6. The molecule has 0 aliphatic heterocycles. The van der Waals surface area contributed by atoms with E-state index in [2.05, 4.69) is 51.3 Å². The quantitative estimate of drug-likeness (QED) is 0.529. The summed E-state index contributed by atoms with van der Waals surface area (Å²) >= 11 is 1.70. The minimum atomic E-state index is 0.000279. The van der Waals surface area contributed by atoms with Crippen LogP contribution in [-0.2, 0) is 5.41 Å². The van der Waals surface area contributed by atoms with Gasteiger partial charge in [0.05, 0.1) is 0 Å². The minimum Gasteiger partial charge on any atom is -0.507 e. The van der Waals surface area contributed by atoms with Gasteiger partial charge in [-0.25, -0.2) is 0 Å². The van der Waals surface area contributed by atoms with Gasteiger partial charge >= 0.3 is 0 Å². The summed E-state index contributed by atoms with van der Waals surface area (Å²) < 4.78 is 0. The molecule has 0 unspecified atom stereocenters. The first-order chi connectivity index (χ1) is 11.9. The van der Waals surface area contributed by atoms with E-state index in [1.54, 1.807) is 11.8 Å². The van der Waals surface area contributed by atoms with Crippen molar-refractivity contribution in [3.05, 3.63) is 72.3 Å². The summed E-state index contributed by atoms with van der Waals surface area (Å²) in [7, 11) is 0. The van der Waals surface area contributed by atoms with E-state index in [1.165, 1.54) is 10.5 Å². The Morgan fingerprint density at radius 2 is 1.36 bits per heavy atom. The third kappa shape index (κ3) is 3.59. The van der Waals surface area contributed by atoms with Crippen LogP contribution >= 0.6 is 11.8 Å². The highest BCUT2D eigenvalue weighted by atomic mass is 32.2. The molecule has 0 atom stereocenters. The highest BCUT2D eigenvalue weighted by Gasteiger charge is 2.21. The number of hydrogen-bond donors (Lipinski definition) is 1. The first kappa shape index (κ1) is 17.6. The monoisotopic (exact) mass is 348 g/mol. The Morgan fingerprint density at radius 3 is 2.00 bits per heavy atom. The molecule has 0 aliphatic rings. The molecular weight excluding hydrogens is 324 g/mol. The lowest BCUT2D eigenvalue weighted by atomic mass is 9.82. The SMILES string of the molecule is CSc1ccccc1-c1cc(C(C)(C)C)cc(-c2ccccc2)c1O. The molecule has 3 aromatic carbocycles. The lowest BCUT2D eigenvalue weighted by Crippen LogP contribution is -2.11. The Morgan fingerprint density at radius 1 is 0.760 bits per heavy atom. The average Bonchev–Trinajstić information content (AvgIpc) is 2.61. The lowest BCUT2D eigenvalue weighted by molar-refractivity contribution is 0.478. The molecule has 3 rings (SSSR count). The predicted octanol–water partition coefficient (Wildman–Crippen LogP) is 6.75. The van der Waals surface area contributed by atoms with Gasteiger partial charge in [-0.2, -0.15) is 0 Å². The van der Waals surface area contributed by atoms with E-state index in [9.17, 15) is 5.11 Å². The molecule has 0 saturated carbocycles. The van der Waals surface area contributed by atoms with E-state index in [4.69, 9.17) is 0 Å². The van der Waals surface area contributed by atoms with Gasteiger partial charge < -0.3 is 5.11 Å². The zero-order valence-corrected chi connectivity index (χ0v) is 16.0. The predicted molar refractivity (Wildman–Crippen MR) is 109 cm³/mol. The van der Waals surface area contributed by atoms with Gasteiger partial charge in [-0.15, -0.1) is 11.8 Å². The standard InChI is InChI=1S/C23H24OS/c1-23(2,3)17-14-19(16-10-6-5-7-11-16)22(24)20(15-17)18-12-8-9-13-21(18)25-4/h5-15,24H,1-4H3. The molecule has 128 valence electrons. The second-order valence-electron chi connectivity index (χ2n) is 7.24. The summed E-state index contributed by atoms with van der Waals surface area (Å²) in [6.45, 7) is 6.62. The molecule has 0 amide bonds. The molecule has 1 nitrogen and oxygen atoms in total. The number of benzene rings is 3. The van der Waals surface area contributed by atoms with Crippen LogP contribution in [0.4, 0.5) is 0 Å². The van der Waals surface area contributed by atoms with Crippen molar-refractivity contribution in [1.82, 2.24) is 0 Å². The molecule has 0 spiro atoms. The van der Waals surface area contributed by atoms with Crippen LogP contribution in [-0.4, -0.2) is 11.4 Å². The summed E-state index contributed by atoms with van der Waals surface area (Å²) in [5, 5.41) is 11.1. The van der Waals surface area contributed by atoms with Crippen molar-refractivity contribution in [2.75, 3.05) is 6.26 Å². The van der Waals surface area contributed by atoms with Crippen molar-refractivity contribution in [3.63, 3.8) is 0 Å². The lowest BCUT2D eigenvalue weighted by Gasteiger charge is -2.23. The number of phenols is 1. The molecule has 3 aromatic rings. The third-order valence-electron chi connectivity index (χ3n) is 4.46. The maximum absolute atomic E-state index is 11.1. The summed E-state index contributed by atoms with van der Waals surface area (Å²) in [5.74, 6) is 0.348. The zero-order chi connectivity index (χ0) is 18.0. The Bertz CT molecular complexity index is 876. The molecular formula is C23H24OS. The molecule has 25 heavy (non-hydrogen) atoms. The number of aromatic hydroxyl groups is 1. The second-order valence-corrected chi connectivity index (χ2v) is 8.08. The van der Waals surface area contributed by atoms with Crippen LogP contribution in [0.3, 0.4) is 0 Å². The topological polar surface area (TPSA) is 20.2 Å². The number of thioether (sulfide) groups is 1. The average molecular weight is 349 g/mol. The van der Waals surface area contributed by atoms with Gasteiger partial charge in [0.1, 0.15) is 5.75 Å². The van der Waals surface area contributed by atoms with Crippen LogP contribution in [0, 0.1) is 0 Å². The van der Waals surface area contributed by atoms with Gasteiger partial charge in [0, 0.05) is 16.0 Å². The van der Waals surface area contributed by atoms with Crippen molar-refractivity contribution < 1.29 is 5.11 Å². The van der Waals surface area contributed by atoms with E-state index in [0.29, 0.717) is 5.75 Å². The zero-order valence-electron chi connectivity index (χ0n) is 15.2. The first-order valence-corrected chi connectivity index (χ1v) is 9.70. The minimum absolute atomic E-state index is 0.000279. The number of phenolic OH excluding ortho intramolecular Hbond substituents is 1. The summed E-state index contributed by atoms with van der Waals surface area (Å²) in [6.07, 6.45) is 2.07. The Hall–Kier alpha value is -2.19. The van der Waals surface area contributed by atoms with E-state index < -0.39 is 0 Å². The van der Waals surface area contributed by atoms with Crippen LogP contribution in [0.5, 0.6) is 5.75 Å². The number of rotatable bonds is 3. The van der Waals surface area contributed by atoms with E-state index in [0.717, 1.165) is 22.3 Å². The normalized spacial score (nSPS) is 11.5. The van der Waals surface area contributed by atoms with Crippen LogP contribution < -0.4 is 0 Å². The van der Waals surface area contributed by atoms with E-state index in [-0.39, 0.29) is 5.41 Å². The van der Waals surface area contributed by atoms with E-state index in [1.807, 2.05) is 42.5 Å². The molecule has 0 heterocycles. The molecule has 0 fully saturated rings. The van der Waals surface area contributed by atoms with Crippen LogP contribution in [0.2, 0.25) is 0 Å². The second kappa shape index (κ2) is 6.97. The maximum Gasteiger partial charge on any atom is 0.131 e. The largest absolute Gasteiger partial charge is 0.507 e. The Balaban J connectivity index is 2.32. The van der Waals surface area contributed by atoms with Gasteiger partial charge in [0.25, 0.3) is 0 Å². The van der Waals surface area contributed by atoms with Gasteiger partial charge in [0.2, 0.25) is 0 Å². The van der Waals surface area contributed by atoms with Gasteiger partial charge in [0.15, 0.2) is 0 Å². The molecule has 0 radical (unpaired) electrons. The van der Waals surface area contributed by atoms with Gasteiger partial charge in [-0.05, 0) is 46.6 Å². The Kier molecular flexibility index (Phi) is 4.91. The highest BCUT2D eigenvalue weighted by molar-refractivity contribution is 7.98. The molecule has 1 N–H and O–H groups in total. The van der Waals surface area contributed by atoms with Crippen molar-refractivity contribution in [2.45, 2.75) is 31.1 Å². The molecule has 0 aromatic heterocycles. The molecule has 2 heteroatoms. The van der Waals surface area contributed by atoms with Crippen molar-refractivity contribution in [1.29, 1.82) is 0 Å².